The first-order valence-electron chi connectivity index (χ1n) is 5.80. The lowest BCUT2D eigenvalue weighted by molar-refractivity contribution is -0.121. The van der Waals surface area contributed by atoms with E-state index in [9.17, 15) is 9.18 Å². The second-order valence-electron chi connectivity index (χ2n) is 3.99. The number of halogens is 1. The van der Waals surface area contributed by atoms with Crippen molar-refractivity contribution < 1.29 is 13.9 Å². The van der Waals surface area contributed by atoms with Crippen LogP contribution in [0.5, 0.6) is 0 Å². The van der Waals surface area contributed by atoms with Crippen LogP contribution in [0.15, 0.2) is 18.2 Å². The monoisotopic (exact) mass is 265 g/mol. The SMILES string of the molecule is COCCNC(=O)C(C)Nc1cc(F)cc(C#N)c1. The molecule has 0 aromatic heterocycles. The van der Waals surface area contributed by atoms with E-state index in [4.69, 9.17) is 10.00 Å². The first kappa shape index (κ1) is 14.9. The Labute approximate surface area is 111 Å². The van der Waals surface area contributed by atoms with E-state index < -0.39 is 11.9 Å². The molecule has 0 aliphatic heterocycles. The van der Waals surface area contributed by atoms with Gasteiger partial charge >= 0.3 is 0 Å². The molecule has 0 bridgehead atoms. The van der Waals surface area contributed by atoms with Crippen molar-refractivity contribution in [1.29, 1.82) is 5.26 Å². The Balaban J connectivity index is 2.61. The average Bonchev–Trinajstić information content (AvgIpc) is 2.38. The van der Waals surface area contributed by atoms with Gasteiger partial charge in [0.2, 0.25) is 5.91 Å². The Bertz CT molecular complexity index is 485. The van der Waals surface area contributed by atoms with Crippen molar-refractivity contribution in [1.82, 2.24) is 5.32 Å². The summed E-state index contributed by atoms with van der Waals surface area (Å²) in [5.41, 5.74) is 0.598. The summed E-state index contributed by atoms with van der Waals surface area (Å²) < 4.78 is 18.0. The van der Waals surface area contributed by atoms with Crippen LogP contribution in [0.4, 0.5) is 10.1 Å². The van der Waals surface area contributed by atoms with Crippen LogP contribution in [-0.2, 0) is 9.53 Å². The fourth-order valence-electron chi connectivity index (χ4n) is 1.48. The molecule has 0 radical (unpaired) electrons. The van der Waals surface area contributed by atoms with Gasteiger partial charge in [0.1, 0.15) is 11.9 Å². The van der Waals surface area contributed by atoms with Gasteiger partial charge in [0.15, 0.2) is 0 Å². The summed E-state index contributed by atoms with van der Waals surface area (Å²) >= 11 is 0. The van der Waals surface area contributed by atoms with Crippen LogP contribution >= 0.6 is 0 Å². The molecule has 0 fully saturated rings. The van der Waals surface area contributed by atoms with E-state index in [-0.39, 0.29) is 11.5 Å². The number of benzene rings is 1. The zero-order valence-electron chi connectivity index (χ0n) is 10.9. The fraction of sp³-hybridized carbons (Fsp3) is 0.385. The van der Waals surface area contributed by atoms with E-state index in [0.717, 1.165) is 6.07 Å². The zero-order chi connectivity index (χ0) is 14.3. The van der Waals surface area contributed by atoms with Crippen LogP contribution in [0.25, 0.3) is 0 Å². The van der Waals surface area contributed by atoms with E-state index >= 15 is 0 Å². The van der Waals surface area contributed by atoms with Crippen molar-refractivity contribution in [2.75, 3.05) is 25.6 Å². The van der Waals surface area contributed by atoms with Crippen molar-refractivity contribution >= 4 is 11.6 Å². The van der Waals surface area contributed by atoms with E-state index in [1.165, 1.54) is 12.1 Å². The van der Waals surface area contributed by atoms with Gasteiger partial charge in [-0.3, -0.25) is 4.79 Å². The predicted octanol–water partition coefficient (Wildman–Crippen LogP) is 1.26. The van der Waals surface area contributed by atoms with E-state index in [0.29, 0.717) is 18.8 Å². The average molecular weight is 265 g/mol. The maximum absolute atomic E-state index is 13.2. The minimum Gasteiger partial charge on any atom is -0.383 e. The minimum atomic E-state index is -0.537. The molecule has 102 valence electrons. The number of nitrogens with one attached hydrogen (secondary N) is 2. The molecule has 1 aromatic rings. The zero-order valence-corrected chi connectivity index (χ0v) is 10.9. The molecular weight excluding hydrogens is 249 g/mol. The molecule has 0 aliphatic carbocycles. The van der Waals surface area contributed by atoms with Gasteiger partial charge in [0.25, 0.3) is 0 Å². The lowest BCUT2D eigenvalue weighted by atomic mass is 10.2. The van der Waals surface area contributed by atoms with Crippen LogP contribution in [0.1, 0.15) is 12.5 Å². The molecule has 0 aliphatic rings. The predicted molar refractivity (Wildman–Crippen MR) is 69.1 cm³/mol. The van der Waals surface area contributed by atoms with Gasteiger partial charge in [-0.1, -0.05) is 0 Å². The van der Waals surface area contributed by atoms with E-state index in [1.807, 2.05) is 6.07 Å². The summed E-state index contributed by atoms with van der Waals surface area (Å²) in [4.78, 5) is 11.7. The normalized spacial score (nSPS) is 11.5. The van der Waals surface area contributed by atoms with Crippen molar-refractivity contribution in [2.24, 2.45) is 0 Å². The number of hydrogen-bond acceptors (Lipinski definition) is 4. The number of nitrogens with zero attached hydrogens (tertiary/aromatic N) is 1. The molecule has 0 saturated heterocycles. The fourth-order valence-corrected chi connectivity index (χ4v) is 1.48. The number of nitriles is 1. The number of ether oxygens (including phenoxy) is 1. The topological polar surface area (TPSA) is 74.2 Å². The highest BCUT2D eigenvalue weighted by Crippen LogP contribution is 2.14. The third kappa shape index (κ3) is 4.94. The number of methoxy groups -OCH3 is 1. The molecule has 0 spiro atoms. The summed E-state index contributed by atoms with van der Waals surface area (Å²) in [6, 6.07) is 5.18. The van der Waals surface area contributed by atoms with Crippen LogP contribution in [-0.4, -0.2) is 32.2 Å². The summed E-state index contributed by atoms with van der Waals surface area (Å²) in [5, 5.41) is 14.2. The maximum atomic E-state index is 13.2. The first-order valence-corrected chi connectivity index (χ1v) is 5.80. The van der Waals surface area contributed by atoms with Crippen molar-refractivity contribution in [3.63, 3.8) is 0 Å². The highest BCUT2D eigenvalue weighted by Gasteiger charge is 2.12. The first-order chi connectivity index (χ1) is 9.06. The van der Waals surface area contributed by atoms with Gasteiger partial charge in [0.05, 0.1) is 18.2 Å². The Morgan fingerprint density at radius 1 is 1.53 bits per heavy atom. The highest BCUT2D eigenvalue weighted by molar-refractivity contribution is 5.84. The van der Waals surface area contributed by atoms with Crippen molar-refractivity contribution in [2.45, 2.75) is 13.0 Å². The molecule has 1 unspecified atom stereocenters. The number of carbonyl (C=O) groups is 1. The van der Waals surface area contributed by atoms with Crippen molar-refractivity contribution in [3.8, 4) is 6.07 Å². The molecule has 0 saturated carbocycles. The number of amides is 1. The van der Waals surface area contributed by atoms with Gasteiger partial charge in [-0.2, -0.15) is 5.26 Å². The van der Waals surface area contributed by atoms with Crippen LogP contribution in [0.3, 0.4) is 0 Å². The second kappa shape index (κ2) is 7.34. The number of anilines is 1. The maximum Gasteiger partial charge on any atom is 0.242 e. The lowest BCUT2D eigenvalue weighted by Crippen LogP contribution is -2.39. The Kier molecular flexibility index (Phi) is 5.76. The largest absolute Gasteiger partial charge is 0.383 e. The molecule has 0 heterocycles. The van der Waals surface area contributed by atoms with Gasteiger partial charge in [-0.15, -0.1) is 0 Å². The Morgan fingerprint density at radius 3 is 2.89 bits per heavy atom. The molecule has 1 atom stereocenters. The van der Waals surface area contributed by atoms with Crippen LogP contribution in [0.2, 0.25) is 0 Å². The van der Waals surface area contributed by atoms with Gasteiger partial charge in [-0.25, -0.2) is 4.39 Å². The summed E-state index contributed by atoms with van der Waals surface area (Å²) in [7, 11) is 1.55. The smallest absolute Gasteiger partial charge is 0.242 e. The molecule has 1 rings (SSSR count). The standard InChI is InChI=1S/C13H16FN3O2/c1-9(13(18)16-3-4-19-2)17-12-6-10(8-15)5-11(14)7-12/h5-7,9,17H,3-4H2,1-2H3,(H,16,18). The molecule has 19 heavy (non-hydrogen) atoms. The summed E-state index contributed by atoms with van der Waals surface area (Å²) in [5.74, 6) is -0.742. The Hall–Kier alpha value is -2.13. The number of hydrogen-bond donors (Lipinski definition) is 2. The third-order valence-electron chi connectivity index (χ3n) is 2.41. The number of carbonyl (C=O) groups excluding carboxylic acids is 1. The van der Waals surface area contributed by atoms with Crippen molar-refractivity contribution in [3.05, 3.63) is 29.6 Å². The van der Waals surface area contributed by atoms with Gasteiger partial charge < -0.3 is 15.4 Å². The lowest BCUT2D eigenvalue weighted by Gasteiger charge is -2.15. The van der Waals surface area contributed by atoms with Crippen LogP contribution < -0.4 is 10.6 Å². The number of rotatable bonds is 6. The van der Waals surface area contributed by atoms with Gasteiger partial charge in [0, 0.05) is 19.3 Å². The highest BCUT2D eigenvalue weighted by atomic mass is 19.1. The van der Waals surface area contributed by atoms with Crippen LogP contribution in [0, 0.1) is 17.1 Å². The molecule has 1 amide bonds. The quantitative estimate of drug-likeness (QED) is 0.759. The molecule has 6 heteroatoms. The van der Waals surface area contributed by atoms with E-state index in [2.05, 4.69) is 10.6 Å². The summed E-state index contributed by atoms with van der Waals surface area (Å²) in [6.07, 6.45) is 0. The minimum absolute atomic E-state index is 0.203. The Morgan fingerprint density at radius 2 is 2.26 bits per heavy atom. The summed E-state index contributed by atoms with van der Waals surface area (Å²) in [6.45, 7) is 2.49. The van der Waals surface area contributed by atoms with Gasteiger partial charge in [-0.05, 0) is 25.1 Å². The molecular formula is C13H16FN3O2. The molecule has 1 aromatic carbocycles. The molecule has 5 nitrogen and oxygen atoms in total. The third-order valence-corrected chi connectivity index (χ3v) is 2.41. The second-order valence-corrected chi connectivity index (χ2v) is 3.99. The molecule has 2 N–H and O–H groups in total. The van der Waals surface area contributed by atoms with E-state index in [1.54, 1.807) is 14.0 Å².